The number of nitrogens with zero attached hydrogens (tertiary/aromatic N) is 1. The third-order valence-electron chi connectivity index (χ3n) is 2.31. The van der Waals surface area contributed by atoms with Crippen LogP contribution in [0, 0.1) is 13.8 Å². The summed E-state index contributed by atoms with van der Waals surface area (Å²) in [5.74, 6) is 0.444. The third kappa shape index (κ3) is 4.24. The molecular formula is C10H18ClN3O3S. The smallest absolute Gasteiger partial charge is 0.244 e. The van der Waals surface area contributed by atoms with Gasteiger partial charge in [0.05, 0.1) is 18.0 Å². The lowest BCUT2D eigenvalue weighted by molar-refractivity contribution is 0.147. The van der Waals surface area contributed by atoms with E-state index in [-0.39, 0.29) is 4.90 Å². The van der Waals surface area contributed by atoms with Crippen molar-refractivity contribution in [2.45, 2.75) is 25.2 Å². The van der Waals surface area contributed by atoms with Gasteiger partial charge in [0.1, 0.15) is 4.90 Å². The molecule has 2 N–H and O–H groups in total. The second-order valence-electron chi connectivity index (χ2n) is 3.82. The Morgan fingerprint density at radius 3 is 2.67 bits per heavy atom. The largest absolute Gasteiger partial charge is 0.380 e. The zero-order chi connectivity index (χ0) is 13.6. The van der Waals surface area contributed by atoms with Gasteiger partial charge < -0.3 is 4.74 Å². The molecule has 1 rings (SSSR count). The number of halogens is 1. The van der Waals surface area contributed by atoms with Gasteiger partial charge in [-0.1, -0.05) is 0 Å². The van der Waals surface area contributed by atoms with Crippen molar-refractivity contribution in [1.82, 2.24) is 14.9 Å². The molecule has 0 unspecified atom stereocenters. The van der Waals surface area contributed by atoms with E-state index in [2.05, 4.69) is 14.9 Å². The number of sulfonamides is 1. The summed E-state index contributed by atoms with van der Waals surface area (Å²) in [6, 6.07) is 0. The molecule has 1 heterocycles. The number of H-pyrrole nitrogens is 1. The highest BCUT2D eigenvalue weighted by Crippen LogP contribution is 2.15. The van der Waals surface area contributed by atoms with Crippen LogP contribution in [0.3, 0.4) is 0 Å². The van der Waals surface area contributed by atoms with E-state index in [0.29, 0.717) is 43.4 Å². The Hall–Kier alpha value is -0.630. The van der Waals surface area contributed by atoms with E-state index in [1.807, 2.05) is 0 Å². The van der Waals surface area contributed by atoms with Crippen molar-refractivity contribution in [2.75, 3.05) is 25.6 Å². The van der Waals surface area contributed by atoms with Gasteiger partial charge in [-0.2, -0.15) is 5.10 Å². The van der Waals surface area contributed by atoms with Crippen LogP contribution in [0.4, 0.5) is 0 Å². The van der Waals surface area contributed by atoms with E-state index in [1.165, 1.54) is 0 Å². The SMILES string of the molecule is Cc1n[nH]c(C)c1S(=O)(=O)NCCCOCCCl. The molecule has 8 heteroatoms. The van der Waals surface area contributed by atoms with Crippen molar-refractivity contribution >= 4 is 21.6 Å². The van der Waals surface area contributed by atoms with Crippen LogP contribution in [0.5, 0.6) is 0 Å². The number of nitrogens with one attached hydrogen (secondary N) is 2. The molecule has 0 saturated carbocycles. The first-order valence-electron chi connectivity index (χ1n) is 5.64. The molecule has 0 bridgehead atoms. The van der Waals surface area contributed by atoms with E-state index in [0.717, 1.165) is 0 Å². The maximum Gasteiger partial charge on any atom is 0.244 e. The number of aromatic amines is 1. The Balaban J connectivity index is 2.46. The summed E-state index contributed by atoms with van der Waals surface area (Å²) in [6.45, 7) is 4.63. The van der Waals surface area contributed by atoms with Crippen LogP contribution in [0.25, 0.3) is 0 Å². The monoisotopic (exact) mass is 295 g/mol. The van der Waals surface area contributed by atoms with Gasteiger partial charge in [0, 0.05) is 19.0 Å². The summed E-state index contributed by atoms with van der Waals surface area (Å²) in [6.07, 6.45) is 0.603. The molecule has 0 amide bonds. The summed E-state index contributed by atoms with van der Waals surface area (Å²) in [4.78, 5) is 0.226. The fourth-order valence-corrected chi connectivity index (χ4v) is 3.10. The second-order valence-corrected chi connectivity index (χ2v) is 5.90. The van der Waals surface area contributed by atoms with Crippen LogP contribution >= 0.6 is 11.6 Å². The molecule has 0 saturated heterocycles. The van der Waals surface area contributed by atoms with E-state index in [1.54, 1.807) is 13.8 Å². The predicted molar refractivity (Wildman–Crippen MR) is 69.4 cm³/mol. The van der Waals surface area contributed by atoms with Gasteiger partial charge >= 0.3 is 0 Å². The molecule has 0 fully saturated rings. The lowest BCUT2D eigenvalue weighted by atomic mass is 10.4. The van der Waals surface area contributed by atoms with Crippen molar-refractivity contribution in [3.05, 3.63) is 11.4 Å². The first-order valence-corrected chi connectivity index (χ1v) is 7.65. The lowest BCUT2D eigenvalue weighted by Gasteiger charge is -2.07. The van der Waals surface area contributed by atoms with E-state index >= 15 is 0 Å². The highest BCUT2D eigenvalue weighted by Gasteiger charge is 2.21. The molecule has 18 heavy (non-hydrogen) atoms. The summed E-state index contributed by atoms with van der Waals surface area (Å²) >= 11 is 5.44. The molecule has 104 valence electrons. The molecule has 0 aliphatic rings. The maximum atomic E-state index is 12.0. The van der Waals surface area contributed by atoms with E-state index in [9.17, 15) is 8.42 Å². The molecule has 0 spiro atoms. The molecule has 0 aromatic carbocycles. The Morgan fingerprint density at radius 2 is 2.11 bits per heavy atom. The lowest BCUT2D eigenvalue weighted by Crippen LogP contribution is -2.26. The zero-order valence-electron chi connectivity index (χ0n) is 10.5. The molecule has 0 radical (unpaired) electrons. The fraction of sp³-hybridized carbons (Fsp3) is 0.700. The van der Waals surface area contributed by atoms with Crippen molar-refractivity contribution < 1.29 is 13.2 Å². The van der Waals surface area contributed by atoms with E-state index < -0.39 is 10.0 Å². The van der Waals surface area contributed by atoms with Gasteiger partial charge in [-0.05, 0) is 20.3 Å². The van der Waals surface area contributed by atoms with Crippen molar-refractivity contribution in [3.63, 3.8) is 0 Å². The molecule has 1 aromatic rings. The van der Waals surface area contributed by atoms with Crippen LogP contribution in [0.2, 0.25) is 0 Å². The third-order valence-corrected chi connectivity index (χ3v) is 4.19. The van der Waals surface area contributed by atoms with Crippen LogP contribution in [-0.4, -0.2) is 44.3 Å². The Kier molecular flexibility index (Phi) is 6.07. The van der Waals surface area contributed by atoms with Gasteiger partial charge in [-0.15, -0.1) is 11.6 Å². The van der Waals surface area contributed by atoms with Crippen molar-refractivity contribution in [1.29, 1.82) is 0 Å². The minimum Gasteiger partial charge on any atom is -0.380 e. The van der Waals surface area contributed by atoms with Gasteiger partial charge in [0.15, 0.2) is 0 Å². The summed E-state index contributed by atoms with van der Waals surface area (Å²) in [5, 5.41) is 6.52. The molecule has 0 aliphatic heterocycles. The number of alkyl halides is 1. The average Bonchev–Trinajstić information content (AvgIpc) is 2.64. The standard InChI is InChI=1S/C10H18ClN3O3S/c1-8-10(9(2)14-13-8)18(15,16)12-5-3-6-17-7-4-11/h12H,3-7H2,1-2H3,(H,13,14). The Morgan fingerprint density at radius 1 is 1.39 bits per heavy atom. The number of aryl methyl sites for hydroxylation is 2. The van der Waals surface area contributed by atoms with Crippen LogP contribution in [0.15, 0.2) is 4.90 Å². The predicted octanol–water partition coefficient (Wildman–Crippen LogP) is 0.950. The zero-order valence-corrected chi connectivity index (χ0v) is 12.1. The molecule has 6 nitrogen and oxygen atoms in total. The quantitative estimate of drug-likeness (QED) is 0.552. The summed E-state index contributed by atoms with van der Waals surface area (Å²) in [5.41, 5.74) is 1.01. The molecular weight excluding hydrogens is 278 g/mol. The van der Waals surface area contributed by atoms with Gasteiger partial charge in [-0.25, -0.2) is 13.1 Å². The van der Waals surface area contributed by atoms with Crippen LogP contribution in [0.1, 0.15) is 17.8 Å². The summed E-state index contributed by atoms with van der Waals surface area (Å²) < 4.78 is 31.7. The van der Waals surface area contributed by atoms with Crippen LogP contribution in [-0.2, 0) is 14.8 Å². The average molecular weight is 296 g/mol. The van der Waals surface area contributed by atoms with Gasteiger partial charge in [-0.3, -0.25) is 5.10 Å². The van der Waals surface area contributed by atoms with Crippen molar-refractivity contribution in [3.8, 4) is 0 Å². The van der Waals surface area contributed by atoms with E-state index in [4.69, 9.17) is 16.3 Å². The minimum atomic E-state index is -3.50. The number of aromatic nitrogens is 2. The highest BCUT2D eigenvalue weighted by molar-refractivity contribution is 7.89. The topological polar surface area (TPSA) is 84.1 Å². The van der Waals surface area contributed by atoms with Gasteiger partial charge in [0.25, 0.3) is 0 Å². The highest BCUT2D eigenvalue weighted by atomic mass is 35.5. The normalized spacial score (nSPS) is 11.9. The Bertz CT molecular complexity index is 453. The number of hydrogen-bond acceptors (Lipinski definition) is 4. The fourth-order valence-electron chi connectivity index (χ4n) is 1.55. The van der Waals surface area contributed by atoms with Crippen molar-refractivity contribution in [2.24, 2.45) is 0 Å². The second kappa shape index (κ2) is 7.08. The van der Waals surface area contributed by atoms with Crippen LogP contribution < -0.4 is 4.72 Å². The number of hydrogen-bond donors (Lipinski definition) is 2. The molecule has 1 aromatic heterocycles. The van der Waals surface area contributed by atoms with Gasteiger partial charge in [0.2, 0.25) is 10.0 Å². The number of rotatable bonds is 8. The minimum absolute atomic E-state index is 0.226. The molecule has 0 atom stereocenters. The number of ether oxygens (including phenoxy) is 1. The first-order chi connectivity index (χ1) is 8.49. The summed E-state index contributed by atoms with van der Waals surface area (Å²) in [7, 11) is -3.50. The first kappa shape index (κ1) is 15.4. The molecule has 0 aliphatic carbocycles. The Labute approximate surface area is 112 Å². The maximum absolute atomic E-state index is 12.0.